The van der Waals surface area contributed by atoms with Crippen LogP contribution in [0.1, 0.15) is 16.8 Å². The van der Waals surface area contributed by atoms with E-state index in [0.717, 1.165) is 23.9 Å². The highest BCUT2D eigenvalue weighted by Gasteiger charge is 2.15. The van der Waals surface area contributed by atoms with E-state index >= 15 is 0 Å². The van der Waals surface area contributed by atoms with Gasteiger partial charge in [-0.05, 0) is 36.8 Å². The van der Waals surface area contributed by atoms with Gasteiger partial charge in [-0.25, -0.2) is 17.5 Å². The molecule has 0 amide bonds. The van der Waals surface area contributed by atoms with Crippen LogP contribution in [0.2, 0.25) is 0 Å². The third-order valence-electron chi connectivity index (χ3n) is 2.94. The number of benzene rings is 1. The number of hydrogen-bond acceptors (Lipinski definition) is 4. The normalized spacial score (nSPS) is 11.6. The molecule has 1 aromatic carbocycles. The van der Waals surface area contributed by atoms with Gasteiger partial charge in [-0.2, -0.15) is 0 Å². The number of aliphatic hydroxyl groups is 1. The molecule has 1 heterocycles. The summed E-state index contributed by atoms with van der Waals surface area (Å²) in [4.78, 5) is 3.98. The van der Waals surface area contributed by atoms with Gasteiger partial charge in [0, 0.05) is 24.0 Å². The Hall–Kier alpha value is -1.83. The maximum absolute atomic E-state index is 13.3. The van der Waals surface area contributed by atoms with Crippen LogP contribution in [-0.4, -0.2) is 18.5 Å². The van der Waals surface area contributed by atoms with E-state index in [0.29, 0.717) is 5.56 Å². The van der Waals surface area contributed by atoms with E-state index in [-0.39, 0.29) is 17.0 Å². The van der Waals surface area contributed by atoms with E-state index in [1.165, 1.54) is 0 Å². The lowest BCUT2D eigenvalue weighted by Gasteiger charge is -2.08. The molecular formula is C14H15FN2O3S. The summed E-state index contributed by atoms with van der Waals surface area (Å²) in [6, 6.07) is 6.85. The molecule has 112 valence electrons. The van der Waals surface area contributed by atoms with Crippen molar-refractivity contribution in [2.45, 2.75) is 25.0 Å². The lowest BCUT2D eigenvalue weighted by atomic mass is 10.2. The monoisotopic (exact) mass is 310 g/mol. The van der Waals surface area contributed by atoms with Crippen LogP contribution < -0.4 is 4.72 Å². The van der Waals surface area contributed by atoms with Crippen molar-refractivity contribution < 1.29 is 17.9 Å². The Morgan fingerprint density at radius 1 is 1.29 bits per heavy atom. The largest absolute Gasteiger partial charge is 0.392 e. The number of halogens is 1. The van der Waals surface area contributed by atoms with Crippen LogP contribution in [0.25, 0.3) is 0 Å². The molecule has 2 rings (SSSR count). The molecule has 0 saturated carbocycles. The summed E-state index contributed by atoms with van der Waals surface area (Å²) in [7, 11) is -3.77. The number of aryl methyl sites for hydroxylation is 1. The number of hydrogen-bond donors (Lipinski definition) is 2. The highest BCUT2D eigenvalue weighted by atomic mass is 32.2. The highest BCUT2D eigenvalue weighted by molar-refractivity contribution is 7.89. The molecule has 5 nitrogen and oxygen atoms in total. The van der Waals surface area contributed by atoms with Crippen molar-refractivity contribution >= 4 is 10.0 Å². The van der Waals surface area contributed by atoms with E-state index in [9.17, 15) is 12.8 Å². The molecule has 7 heteroatoms. The van der Waals surface area contributed by atoms with Crippen LogP contribution in [0, 0.1) is 12.7 Å². The third kappa shape index (κ3) is 3.84. The summed E-state index contributed by atoms with van der Waals surface area (Å²) in [6.07, 6.45) is 1.58. The first-order chi connectivity index (χ1) is 9.92. The van der Waals surface area contributed by atoms with Crippen LogP contribution in [0.15, 0.2) is 41.4 Å². The molecule has 0 fully saturated rings. The van der Waals surface area contributed by atoms with E-state index < -0.39 is 22.4 Å². The zero-order chi connectivity index (χ0) is 15.5. The molecule has 0 unspecified atom stereocenters. The first-order valence-electron chi connectivity index (χ1n) is 6.23. The van der Waals surface area contributed by atoms with Crippen molar-refractivity contribution in [2.24, 2.45) is 0 Å². The van der Waals surface area contributed by atoms with Crippen molar-refractivity contribution in [3.8, 4) is 0 Å². The molecule has 0 saturated heterocycles. The molecule has 0 aliphatic heterocycles. The minimum atomic E-state index is -3.77. The van der Waals surface area contributed by atoms with Gasteiger partial charge in [0.1, 0.15) is 5.82 Å². The maximum atomic E-state index is 13.3. The molecular weight excluding hydrogens is 295 g/mol. The lowest BCUT2D eigenvalue weighted by molar-refractivity contribution is 0.275. The summed E-state index contributed by atoms with van der Waals surface area (Å²) < 4.78 is 39.9. The summed E-state index contributed by atoms with van der Waals surface area (Å²) in [5.74, 6) is -0.640. The molecule has 0 bridgehead atoms. The van der Waals surface area contributed by atoms with Crippen molar-refractivity contribution in [3.05, 3.63) is 59.2 Å². The molecule has 0 radical (unpaired) electrons. The Morgan fingerprint density at radius 2 is 2.05 bits per heavy atom. The highest BCUT2D eigenvalue weighted by Crippen LogP contribution is 2.15. The number of nitrogens with zero attached hydrogens (tertiary/aromatic N) is 1. The van der Waals surface area contributed by atoms with E-state index in [1.54, 1.807) is 18.3 Å². The number of nitrogens with one attached hydrogen (secondary N) is 1. The van der Waals surface area contributed by atoms with Gasteiger partial charge in [0.25, 0.3) is 0 Å². The van der Waals surface area contributed by atoms with Crippen LogP contribution in [0.3, 0.4) is 0 Å². The quantitative estimate of drug-likeness (QED) is 0.877. The molecule has 0 spiro atoms. The average Bonchev–Trinajstić information content (AvgIpc) is 2.47. The minimum Gasteiger partial charge on any atom is -0.392 e. The first-order valence-corrected chi connectivity index (χ1v) is 7.71. The Morgan fingerprint density at radius 3 is 2.67 bits per heavy atom. The second-order valence-corrected chi connectivity index (χ2v) is 6.31. The zero-order valence-electron chi connectivity index (χ0n) is 11.4. The van der Waals surface area contributed by atoms with Crippen LogP contribution in [0.4, 0.5) is 4.39 Å². The SMILES string of the molecule is Cc1ccc(CNS(=O)(=O)c2ccc(F)c(CO)c2)cn1. The summed E-state index contributed by atoms with van der Waals surface area (Å²) in [6.45, 7) is 1.36. The third-order valence-corrected chi connectivity index (χ3v) is 4.34. The van der Waals surface area contributed by atoms with Gasteiger partial charge in [-0.3, -0.25) is 4.98 Å². The van der Waals surface area contributed by atoms with E-state index in [4.69, 9.17) is 5.11 Å². The van der Waals surface area contributed by atoms with E-state index in [1.807, 2.05) is 6.92 Å². The lowest BCUT2D eigenvalue weighted by Crippen LogP contribution is -2.23. The van der Waals surface area contributed by atoms with Crippen molar-refractivity contribution in [1.82, 2.24) is 9.71 Å². The summed E-state index contributed by atoms with van der Waals surface area (Å²) >= 11 is 0. The number of aromatic nitrogens is 1. The first kappa shape index (κ1) is 15.6. The molecule has 21 heavy (non-hydrogen) atoms. The maximum Gasteiger partial charge on any atom is 0.240 e. The van der Waals surface area contributed by atoms with Crippen molar-refractivity contribution in [1.29, 1.82) is 0 Å². The zero-order valence-corrected chi connectivity index (χ0v) is 12.2. The topological polar surface area (TPSA) is 79.3 Å². The Labute approximate surface area is 122 Å². The van der Waals surface area contributed by atoms with Gasteiger partial charge in [-0.15, -0.1) is 0 Å². The van der Waals surface area contributed by atoms with Crippen LogP contribution in [0.5, 0.6) is 0 Å². The number of rotatable bonds is 5. The molecule has 1 aromatic heterocycles. The second-order valence-electron chi connectivity index (χ2n) is 4.54. The average molecular weight is 310 g/mol. The van der Waals surface area contributed by atoms with Gasteiger partial charge in [0.15, 0.2) is 0 Å². The van der Waals surface area contributed by atoms with Gasteiger partial charge < -0.3 is 5.11 Å². The smallest absolute Gasteiger partial charge is 0.240 e. The van der Waals surface area contributed by atoms with Crippen LogP contribution >= 0.6 is 0 Å². The Kier molecular flexibility index (Phi) is 4.66. The number of pyridine rings is 1. The minimum absolute atomic E-state index is 0.0603. The number of sulfonamides is 1. The van der Waals surface area contributed by atoms with Crippen LogP contribution in [-0.2, 0) is 23.2 Å². The van der Waals surface area contributed by atoms with Gasteiger partial charge >= 0.3 is 0 Å². The van der Waals surface area contributed by atoms with Gasteiger partial charge in [-0.1, -0.05) is 6.07 Å². The fraction of sp³-hybridized carbons (Fsp3) is 0.214. The predicted molar refractivity (Wildman–Crippen MR) is 75.3 cm³/mol. The Balaban J connectivity index is 2.16. The Bertz CT molecular complexity index is 730. The van der Waals surface area contributed by atoms with Gasteiger partial charge in [0.05, 0.1) is 11.5 Å². The summed E-state index contributed by atoms with van der Waals surface area (Å²) in [5, 5.41) is 8.98. The number of aliphatic hydroxyl groups excluding tert-OH is 1. The molecule has 0 aliphatic carbocycles. The second kappa shape index (κ2) is 6.30. The fourth-order valence-corrected chi connectivity index (χ4v) is 2.77. The fourth-order valence-electron chi connectivity index (χ4n) is 1.70. The standard InChI is InChI=1S/C14H15FN2O3S/c1-10-2-3-11(7-16-10)8-17-21(19,20)13-4-5-14(15)12(6-13)9-18/h2-7,17-18H,8-9H2,1H3. The molecule has 2 N–H and O–H groups in total. The molecule has 0 atom stereocenters. The molecule has 0 aliphatic rings. The molecule has 2 aromatic rings. The predicted octanol–water partition coefficient (Wildman–Crippen LogP) is 1.50. The van der Waals surface area contributed by atoms with Crippen molar-refractivity contribution in [3.63, 3.8) is 0 Å². The van der Waals surface area contributed by atoms with E-state index in [2.05, 4.69) is 9.71 Å². The van der Waals surface area contributed by atoms with Gasteiger partial charge in [0.2, 0.25) is 10.0 Å². The summed E-state index contributed by atoms with van der Waals surface area (Å²) in [5.41, 5.74) is 1.50. The van der Waals surface area contributed by atoms with Crippen molar-refractivity contribution in [2.75, 3.05) is 0 Å².